The number of aromatic nitrogens is 1. The summed E-state index contributed by atoms with van der Waals surface area (Å²) in [6.07, 6.45) is 0.571. The van der Waals surface area contributed by atoms with Crippen LogP contribution in [0, 0.1) is 6.92 Å². The summed E-state index contributed by atoms with van der Waals surface area (Å²) in [7, 11) is 4.07. The Balaban J connectivity index is 0.00000169. The van der Waals surface area contributed by atoms with Crippen LogP contribution in [0.25, 0.3) is 10.9 Å². The topological polar surface area (TPSA) is 45.7 Å². The number of likely N-dealkylation sites (N-methyl/N-ethyl adjacent to an activating group) is 1. The summed E-state index contributed by atoms with van der Waals surface area (Å²) in [6, 6.07) is 8.32. The number of rotatable bonds is 2. The van der Waals surface area contributed by atoms with Crippen LogP contribution in [0.15, 0.2) is 24.3 Å². The Morgan fingerprint density at radius 1 is 1.31 bits per heavy atom. The lowest BCUT2D eigenvalue weighted by atomic mass is 9.96. The van der Waals surface area contributed by atoms with Crippen LogP contribution in [0.2, 0.25) is 0 Å². The fraction of sp³-hybridized carbons (Fsp3) is 0.474. The highest BCUT2D eigenvalue weighted by Crippen LogP contribution is 2.31. The molecule has 0 saturated heterocycles. The molecule has 1 aromatic heterocycles. The summed E-state index contributed by atoms with van der Waals surface area (Å²) in [5.74, 6) is 0. The van der Waals surface area contributed by atoms with Gasteiger partial charge in [0.2, 0.25) is 0 Å². The summed E-state index contributed by atoms with van der Waals surface area (Å²) in [5.41, 5.74) is 4.64. The van der Waals surface area contributed by atoms with Crippen molar-refractivity contribution in [2.75, 3.05) is 33.8 Å². The maximum absolute atomic E-state index is 12.3. The third kappa shape index (κ3) is 4.22. The van der Waals surface area contributed by atoms with Crippen molar-refractivity contribution in [2.45, 2.75) is 26.3 Å². The molecular weight excluding hydrogens is 373 g/mol. The lowest BCUT2D eigenvalue weighted by Gasteiger charge is -2.28. The number of halogens is 2. The number of carbonyl (C=O) groups excluding carboxylic acids is 1. The maximum atomic E-state index is 12.3. The molecule has 2 heterocycles. The SMILES string of the molecule is CCOC(=O)N1CCc2c(nc3ccccc3c2C)C(N(C)C)C1.Cl.Cl. The lowest BCUT2D eigenvalue weighted by molar-refractivity contribution is 0.0974. The highest BCUT2D eigenvalue weighted by molar-refractivity contribution is 5.85. The minimum absolute atomic E-state index is 0. The van der Waals surface area contributed by atoms with Crippen LogP contribution in [-0.2, 0) is 11.2 Å². The summed E-state index contributed by atoms with van der Waals surface area (Å²) >= 11 is 0. The van der Waals surface area contributed by atoms with E-state index in [-0.39, 0.29) is 36.9 Å². The highest BCUT2D eigenvalue weighted by atomic mass is 35.5. The van der Waals surface area contributed by atoms with Crippen molar-refractivity contribution in [3.05, 3.63) is 41.1 Å². The zero-order chi connectivity index (χ0) is 17.3. The maximum Gasteiger partial charge on any atom is 0.409 e. The second-order valence-corrected chi connectivity index (χ2v) is 6.49. The van der Waals surface area contributed by atoms with Gasteiger partial charge in [-0.2, -0.15) is 0 Å². The van der Waals surface area contributed by atoms with Gasteiger partial charge in [-0.1, -0.05) is 18.2 Å². The van der Waals surface area contributed by atoms with Gasteiger partial charge >= 0.3 is 6.09 Å². The lowest BCUT2D eigenvalue weighted by Crippen LogP contribution is -2.38. The van der Waals surface area contributed by atoms with Crippen LogP contribution in [0.3, 0.4) is 0 Å². The van der Waals surface area contributed by atoms with Crippen LogP contribution >= 0.6 is 24.8 Å². The normalized spacial score (nSPS) is 16.3. The van der Waals surface area contributed by atoms with Crippen LogP contribution in [0.5, 0.6) is 0 Å². The van der Waals surface area contributed by atoms with Crippen LogP contribution < -0.4 is 0 Å². The Hall–Kier alpha value is -1.56. The van der Waals surface area contributed by atoms with Crippen molar-refractivity contribution in [3.63, 3.8) is 0 Å². The van der Waals surface area contributed by atoms with Gasteiger partial charge in [0.05, 0.1) is 23.9 Å². The second-order valence-electron chi connectivity index (χ2n) is 6.49. The van der Waals surface area contributed by atoms with Crippen molar-refractivity contribution < 1.29 is 9.53 Å². The summed E-state index contributed by atoms with van der Waals surface area (Å²) in [6.45, 7) is 5.67. The van der Waals surface area contributed by atoms with E-state index in [2.05, 4.69) is 30.0 Å². The molecule has 7 heteroatoms. The first-order chi connectivity index (χ1) is 11.5. The molecule has 26 heavy (non-hydrogen) atoms. The predicted octanol–water partition coefficient (Wildman–Crippen LogP) is 4.00. The number of ether oxygens (including phenoxy) is 1. The van der Waals surface area contributed by atoms with Gasteiger partial charge in [0, 0.05) is 18.5 Å². The third-order valence-corrected chi connectivity index (χ3v) is 4.80. The number of aryl methyl sites for hydroxylation is 1. The molecular formula is C19H27Cl2N3O2. The second kappa shape index (κ2) is 9.40. The van der Waals surface area contributed by atoms with E-state index < -0.39 is 0 Å². The van der Waals surface area contributed by atoms with Gasteiger partial charge in [-0.25, -0.2) is 4.79 Å². The Morgan fingerprint density at radius 3 is 2.65 bits per heavy atom. The smallest absolute Gasteiger partial charge is 0.409 e. The van der Waals surface area contributed by atoms with E-state index in [4.69, 9.17) is 9.72 Å². The van der Waals surface area contributed by atoms with E-state index in [1.807, 2.05) is 27.1 Å². The van der Waals surface area contributed by atoms with E-state index in [9.17, 15) is 4.79 Å². The predicted molar refractivity (Wildman–Crippen MR) is 110 cm³/mol. The molecule has 0 fully saturated rings. The van der Waals surface area contributed by atoms with Gasteiger partial charge in [0.25, 0.3) is 0 Å². The highest BCUT2D eigenvalue weighted by Gasteiger charge is 2.30. The van der Waals surface area contributed by atoms with Gasteiger partial charge in [-0.3, -0.25) is 9.88 Å². The van der Waals surface area contributed by atoms with Crippen LogP contribution in [0.1, 0.15) is 29.8 Å². The molecule has 144 valence electrons. The number of para-hydroxylation sites is 1. The molecule has 1 aliphatic rings. The zero-order valence-corrected chi connectivity index (χ0v) is 17.3. The van der Waals surface area contributed by atoms with Gasteiger partial charge in [0.15, 0.2) is 0 Å². The molecule has 0 saturated carbocycles. The summed E-state index contributed by atoms with van der Waals surface area (Å²) in [5, 5.41) is 1.19. The van der Waals surface area contributed by atoms with E-state index in [1.54, 1.807) is 4.90 Å². The van der Waals surface area contributed by atoms with Crippen molar-refractivity contribution in [1.29, 1.82) is 0 Å². The Labute approximate surface area is 167 Å². The quantitative estimate of drug-likeness (QED) is 0.765. The fourth-order valence-electron chi connectivity index (χ4n) is 3.45. The fourth-order valence-corrected chi connectivity index (χ4v) is 3.45. The van der Waals surface area contributed by atoms with Crippen molar-refractivity contribution in [2.24, 2.45) is 0 Å². The number of hydrogen-bond acceptors (Lipinski definition) is 4. The number of hydrogen-bond donors (Lipinski definition) is 0. The molecule has 1 unspecified atom stereocenters. The van der Waals surface area contributed by atoms with E-state index in [0.717, 1.165) is 17.6 Å². The summed E-state index contributed by atoms with van der Waals surface area (Å²) < 4.78 is 5.22. The number of nitrogens with zero attached hydrogens (tertiary/aromatic N) is 3. The minimum atomic E-state index is -0.237. The van der Waals surface area contributed by atoms with Crippen LogP contribution in [0.4, 0.5) is 4.79 Å². The molecule has 0 aliphatic carbocycles. The van der Waals surface area contributed by atoms with Crippen molar-refractivity contribution in [1.82, 2.24) is 14.8 Å². The van der Waals surface area contributed by atoms with Crippen molar-refractivity contribution >= 4 is 41.8 Å². The van der Waals surface area contributed by atoms with E-state index in [0.29, 0.717) is 19.7 Å². The first-order valence-corrected chi connectivity index (χ1v) is 8.49. The first-order valence-electron chi connectivity index (χ1n) is 8.49. The molecule has 1 aromatic carbocycles. The zero-order valence-electron chi connectivity index (χ0n) is 15.7. The molecule has 5 nitrogen and oxygen atoms in total. The van der Waals surface area contributed by atoms with Crippen LogP contribution in [-0.4, -0.2) is 54.7 Å². The van der Waals surface area contributed by atoms with E-state index in [1.165, 1.54) is 16.5 Å². The van der Waals surface area contributed by atoms with Gasteiger partial charge < -0.3 is 9.64 Å². The number of carbonyl (C=O) groups is 1. The molecule has 0 bridgehead atoms. The van der Waals surface area contributed by atoms with E-state index >= 15 is 0 Å². The molecule has 0 radical (unpaired) electrons. The molecule has 0 N–H and O–H groups in total. The Kier molecular flexibility index (Phi) is 8.13. The molecule has 1 aliphatic heterocycles. The Bertz CT molecular complexity index is 768. The largest absolute Gasteiger partial charge is 0.450 e. The number of fused-ring (bicyclic) bond motifs is 2. The minimum Gasteiger partial charge on any atom is -0.450 e. The Morgan fingerprint density at radius 2 is 2.00 bits per heavy atom. The molecule has 0 spiro atoms. The average Bonchev–Trinajstić information content (AvgIpc) is 2.75. The number of benzene rings is 1. The van der Waals surface area contributed by atoms with Gasteiger partial charge in [0.1, 0.15) is 0 Å². The number of pyridine rings is 1. The van der Waals surface area contributed by atoms with Gasteiger partial charge in [-0.15, -0.1) is 24.8 Å². The molecule has 1 atom stereocenters. The standard InChI is InChI=1S/C19H25N3O2.2ClH/c1-5-24-19(23)22-11-10-15-13(2)14-8-6-7-9-16(14)20-18(15)17(12-22)21(3)4;;/h6-9,17H,5,10-12H2,1-4H3;2*1H. The average molecular weight is 400 g/mol. The molecule has 3 rings (SSSR count). The monoisotopic (exact) mass is 399 g/mol. The summed E-state index contributed by atoms with van der Waals surface area (Å²) in [4.78, 5) is 21.2. The number of amides is 1. The molecule has 2 aromatic rings. The first kappa shape index (κ1) is 22.5. The third-order valence-electron chi connectivity index (χ3n) is 4.80. The van der Waals surface area contributed by atoms with Gasteiger partial charge in [-0.05, 0) is 51.6 Å². The van der Waals surface area contributed by atoms with Crippen molar-refractivity contribution in [3.8, 4) is 0 Å². The molecule has 1 amide bonds.